The molecule has 5 heteroatoms. The summed E-state index contributed by atoms with van der Waals surface area (Å²) in [5.74, 6) is -0.0665. The second-order valence-electron chi connectivity index (χ2n) is 4.80. The predicted molar refractivity (Wildman–Crippen MR) is 73.4 cm³/mol. The zero-order valence-corrected chi connectivity index (χ0v) is 10.8. The fraction of sp³-hybridized carbons (Fsp3) is 0.429. The van der Waals surface area contributed by atoms with Gasteiger partial charge in [-0.1, -0.05) is 12.1 Å². The number of rotatable bonds is 4. The summed E-state index contributed by atoms with van der Waals surface area (Å²) in [6, 6.07) is 9.31. The minimum absolute atomic E-state index is 0.0665. The first kappa shape index (κ1) is 13.5. The molecule has 1 aliphatic heterocycles. The second-order valence-corrected chi connectivity index (χ2v) is 4.80. The van der Waals surface area contributed by atoms with Gasteiger partial charge in [0.1, 0.15) is 6.07 Å². The molecule has 1 saturated heterocycles. The Hall–Kier alpha value is -1.90. The van der Waals surface area contributed by atoms with Crippen molar-refractivity contribution in [3.8, 4) is 6.07 Å². The third-order valence-electron chi connectivity index (χ3n) is 3.29. The number of hydrogen-bond donors (Lipinski definition) is 2. The Morgan fingerprint density at radius 2 is 2.32 bits per heavy atom. The van der Waals surface area contributed by atoms with E-state index in [2.05, 4.69) is 16.3 Å². The highest BCUT2D eigenvalue weighted by Gasteiger charge is 2.19. The summed E-state index contributed by atoms with van der Waals surface area (Å²) in [6.45, 7) is 2.54. The van der Waals surface area contributed by atoms with E-state index in [-0.39, 0.29) is 11.9 Å². The van der Waals surface area contributed by atoms with Crippen LogP contribution >= 0.6 is 0 Å². The number of benzene rings is 1. The number of para-hydroxylation sites is 1. The number of hydrogen-bond acceptors (Lipinski definition) is 4. The maximum Gasteiger partial charge on any atom is 0.225 e. The monoisotopic (exact) mass is 258 g/mol. The highest BCUT2D eigenvalue weighted by molar-refractivity contribution is 5.92. The molecular formula is C14H18N4O. The Labute approximate surface area is 113 Å². The van der Waals surface area contributed by atoms with Crippen LogP contribution in [0.1, 0.15) is 18.4 Å². The average molecular weight is 258 g/mol. The molecule has 1 fully saturated rings. The van der Waals surface area contributed by atoms with E-state index < -0.39 is 0 Å². The minimum atomic E-state index is -0.0665. The van der Waals surface area contributed by atoms with Crippen LogP contribution in [0.3, 0.4) is 0 Å². The first-order chi connectivity index (χ1) is 9.19. The van der Waals surface area contributed by atoms with E-state index in [0.29, 0.717) is 24.2 Å². The van der Waals surface area contributed by atoms with Crippen molar-refractivity contribution >= 4 is 11.6 Å². The van der Waals surface area contributed by atoms with Crippen molar-refractivity contribution in [2.45, 2.75) is 18.9 Å². The minimum Gasteiger partial charge on any atom is -0.326 e. The topological polar surface area (TPSA) is 82.2 Å². The quantitative estimate of drug-likeness (QED) is 0.841. The molecule has 0 aliphatic carbocycles. The molecule has 1 aromatic carbocycles. The van der Waals surface area contributed by atoms with Gasteiger partial charge in [-0.3, -0.25) is 4.79 Å². The fourth-order valence-electron chi connectivity index (χ4n) is 2.23. The molecule has 0 spiro atoms. The van der Waals surface area contributed by atoms with E-state index in [9.17, 15) is 4.79 Å². The average Bonchev–Trinajstić information content (AvgIpc) is 2.83. The standard InChI is InChI=1S/C14H18N4O/c15-9-11-3-1-2-4-13(11)17-14(19)6-8-18-7-5-12(16)10-18/h1-4,12H,5-8,10,16H2,(H,17,19)/t12-/m0/s1. The summed E-state index contributed by atoms with van der Waals surface area (Å²) in [4.78, 5) is 14.0. The molecule has 0 aromatic heterocycles. The van der Waals surface area contributed by atoms with Crippen LogP contribution in [-0.4, -0.2) is 36.5 Å². The van der Waals surface area contributed by atoms with E-state index >= 15 is 0 Å². The van der Waals surface area contributed by atoms with Crippen LogP contribution in [0.25, 0.3) is 0 Å². The lowest BCUT2D eigenvalue weighted by Crippen LogP contribution is -2.29. The number of likely N-dealkylation sites (tertiary alicyclic amines) is 1. The number of carbonyl (C=O) groups excluding carboxylic acids is 1. The van der Waals surface area contributed by atoms with Gasteiger partial charge in [0.05, 0.1) is 11.3 Å². The predicted octanol–water partition coefficient (Wildman–Crippen LogP) is 0.920. The van der Waals surface area contributed by atoms with Crippen molar-refractivity contribution in [1.82, 2.24) is 4.90 Å². The fourth-order valence-corrected chi connectivity index (χ4v) is 2.23. The molecule has 5 nitrogen and oxygen atoms in total. The molecule has 0 radical (unpaired) electrons. The van der Waals surface area contributed by atoms with Gasteiger partial charge in [0.2, 0.25) is 5.91 Å². The number of nitriles is 1. The SMILES string of the molecule is N#Cc1ccccc1NC(=O)CCN1CC[C@H](N)C1. The van der Waals surface area contributed by atoms with Crippen molar-refractivity contribution in [2.75, 3.05) is 25.0 Å². The third-order valence-corrected chi connectivity index (χ3v) is 3.29. The second kappa shape index (κ2) is 6.32. The summed E-state index contributed by atoms with van der Waals surface area (Å²) in [5.41, 5.74) is 6.88. The first-order valence-electron chi connectivity index (χ1n) is 6.46. The molecule has 1 amide bonds. The Morgan fingerprint density at radius 3 is 3.00 bits per heavy atom. The number of carbonyl (C=O) groups is 1. The van der Waals surface area contributed by atoms with E-state index in [1.165, 1.54) is 0 Å². The summed E-state index contributed by atoms with van der Waals surface area (Å²) < 4.78 is 0. The highest BCUT2D eigenvalue weighted by atomic mass is 16.1. The van der Waals surface area contributed by atoms with Crippen LogP contribution in [0, 0.1) is 11.3 Å². The zero-order chi connectivity index (χ0) is 13.7. The lowest BCUT2D eigenvalue weighted by Gasteiger charge is -2.14. The van der Waals surface area contributed by atoms with Crippen LogP contribution in [0.2, 0.25) is 0 Å². The maximum absolute atomic E-state index is 11.8. The van der Waals surface area contributed by atoms with Crippen molar-refractivity contribution in [2.24, 2.45) is 5.73 Å². The Balaban J connectivity index is 1.83. The van der Waals surface area contributed by atoms with Crippen LogP contribution in [-0.2, 0) is 4.79 Å². The number of amides is 1. The van der Waals surface area contributed by atoms with Crippen LogP contribution < -0.4 is 11.1 Å². The number of nitrogens with two attached hydrogens (primary N) is 1. The molecule has 19 heavy (non-hydrogen) atoms. The molecule has 1 heterocycles. The zero-order valence-electron chi connectivity index (χ0n) is 10.8. The van der Waals surface area contributed by atoms with Gasteiger partial charge in [-0.05, 0) is 25.1 Å². The molecule has 1 atom stereocenters. The van der Waals surface area contributed by atoms with E-state index in [0.717, 1.165) is 19.5 Å². The van der Waals surface area contributed by atoms with Crippen LogP contribution in [0.15, 0.2) is 24.3 Å². The van der Waals surface area contributed by atoms with Crippen molar-refractivity contribution in [1.29, 1.82) is 5.26 Å². The molecule has 0 unspecified atom stereocenters. The van der Waals surface area contributed by atoms with Crippen LogP contribution in [0.5, 0.6) is 0 Å². The lowest BCUT2D eigenvalue weighted by molar-refractivity contribution is -0.116. The van der Waals surface area contributed by atoms with Crippen molar-refractivity contribution in [3.05, 3.63) is 29.8 Å². The molecule has 1 aliphatic rings. The van der Waals surface area contributed by atoms with Crippen LogP contribution in [0.4, 0.5) is 5.69 Å². The molecule has 1 aromatic rings. The number of nitrogens with one attached hydrogen (secondary N) is 1. The number of anilines is 1. The summed E-state index contributed by atoms with van der Waals surface area (Å²) in [6.07, 6.45) is 1.42. The summed E-state index contributed by atoms with van der Waals surface area (Å²) >= 11 is 0. The van der Waals surface area contributed by atoms with Crippen molar-refractivity contribution < 1.29 is 4.79 Å². The van der Waals surface area contributed by atoms with E-state index in [1.807, 2.05) is 0 Å². The van der Waals surface area contributed by atoms with Gasteiger partial charge >= 0.3 is 0 Å². The molecule has 0 bridgehead atoms. The Morgan fingerprint density at radius 1 is 1.53 bits per heavy atom. The van der Waals surface area contributed by atoms with E-state index in [4.69, 9.17) is 11.0 Å². The van der Waals surface area contributed by atoms with Gasteiger partial charge < -0.3 is 16.0 Å². The van der Waals surface area contributed by atoms with Gasteiger partial charge in [0.15, 0.2) is 0 Å². The molecule has 0 saturated carbocycles. The lowest BCUT2D eigenvalue weighted by atomic mass is 10.2. The van der Waals surface area contributed by atoms with E-state index in [1.54, 1.807) is 24.3 Å². The maximum atomic E-state index is 11.8. The van der Waals surface area contributed by atoms with Gasteiger partial charge in [0.25, 0.3) is 0 Å². The normalized spacial score (nSPS) is 19.1. The molecule has 2 rings (SSSR count). The molecule has 3 N–H and O–H groups in total. The smallest absolute Gasteiger partial charge is 0.225 e. The van der Waals surface area contributed by atoms with Gasteiger partial charge in [0, 0.05) is 25.6 Å². The first-order valence-corrected chi connectivity index (χ1v) is 6.46. The van der Waals surface area contributed by atoms with Gasteiger partial charge in [-0.25, -0.2) is 0 Å². The van der Waals surface area contributed by atoms with Gasteiger partial charge in [-0.15, -0.1) is 0 Å². The highest BCUT2D eigenvalue weighted by Crippen LogP contribution is 2.14. The Bertz CT molecular complexity index is 494. The molecule has 100 valence electrons. The summed E-state index contributed by atoms with van der Waals surface area (Å²) in [5, 5.41) is 11.7. The van der Waals surface area contributed by atoms with Crippen molar-refractivity contribution in [3.63, 3.8) is 0 Å². The number of nitrogens with zero attached hydrogens (tertiary/aromatic N) is 2. The third kappa shape index (κ3) is 3.78. The summed E-state index contributed by atoms with van der Waals surface area (Å²) in [7, 11) is 0. The molecular weight excluding hydrogens is 240 g/mol. The Kier molecular flexibility index (Phi) is 4.50. The largest absolute Gasteiger partial charge is 0.326 e. The van der Waals surface area contributed by atoms with Gasteiger partial charge in [-0.2, -0.15) is 5.26 Å².